The lowest BCUT2D eigenvalue weighted by molar-refractivity contribution is 0.115. The normalized spacial score (nSPS) is 11.7. The van der Waals surface area contributed by atoms with Crippen LogP contribution in [-0.4, -0.2) is 23.4 Å². The molecule has 2 N–H and O–H groups in total. The zero-order chi connectivity index (χ0) is 15.5. The molecule has 0 fully saturated rings. The van der Waals surface area contributed by atoms with E-state index < -0.39 is 17.0 Å². The summed E-state index contributed by atoms with van der Waals surface area (Å²) < 4.78 is 27.6. The van der Waals surface area contributed by atoms with Crippen molar-refractivity contribution in [1.82, 2.24) is 0 Å². The molecule has 0 saturated heterocycles. The highest BCUT2D eigenvalue weighted by atomic mass is 79.9. The third-order valence-corrected chi connectivity index (χ3v) is 4.08. The van der Waals surface area contributed by atoms with Gasteiger partial charge in [0.1, 0.15) is 11.6 Å². The maximum atomic E-state index is 13.8. The minimum Gasteiger partial charge on any atom is -0.395 e. The first kappa shape index (κ1) is 16.1. The first-order valence-electron chi connectivity index (χ1n) is 6.42. The van der Waals surface area contributed by atoms with Crippen LogP contribution in [0.15, 0.2) is 46.9 Å². The molecular weight excluding hydrogens is 342 g/mol. The second kappa shape index (κ2) is 6.64. The van der Waals surface area contributed by atoms with Crippen LogP contribution in [0.5, 0.6) is 0 Å². The average molecular weight is 357 g/mol. The summed E-state index contributed by atoms with van der Waals surface area (Å²) in [7, 11) is 0. The van der Waals surface area contributed by atoms with Gasteiger partial charge in [0.2, 0.25) is 0 Å². The number of halogens is 3. The Labute approximate surface area is 130 Å². The van der Waals surface area contributed by atoms with E-state index in [1.807, 2.05) is 6.07 Å². The summed E-state index contributed by atoms with van der Waals surface area (Å²) in [6.07, 6.45) is 0.0720. The number of hydrogen-bond donors (Lipinski definition) is 2. The lowest BCUT2D eigenvalue weighted by atomic mass is 9.77. The van der Waals surface area contributed by atoms with E-state index in [-0.39, 0.29) is 25.2 Å². The van der Waals surface area contributed by atoms with Gasteiger partial charge >= 0.3 is 0 Å². The van der Waals surface area contributed by atoms with Gasteiger partial charge in [0.15, 0.2) is 0 Å². The Kier molecular flexibility index (Phi) is 5.08. The van der Waals surface area contributed by atoms with E-state index in [0.29, 0.717) is 5.56 Å². The fourth-order valence-corrected chi connectivity index (χ4v) is 2.69. The predicted octanol–water partition coefficient (Wildman–Crippen LogP) is 3.19. The van der Waals surface area contributed by atoms with Crippen molar-refractivity contribution in [3.05, 3.63) is 69.7 Å². The Bertz CT molecular complexity index is 627. The van der Waals surface area contributed by atoms with Gasteiger partial charge in [0, 0.05) is 16.0 Å². The highest BCUT2D eigenvalue weighted by Gasteiger charge is 2.32. The van der Waals surface area contributed by atoms with E-state index in [1.54, 1.807) is 18.2 Å². The molecule has 2 aromatic carbocycles. The topological polar surface area (TPSA) is 40.5 Å². The third-order valence-electron chi connectivity index (χ3n) is 3.59. The van der Waals surface area contributed by atoms with Gasteiger partial charge in [-0.1, -0.05) is 34.1 Å². The Morgan fingerprint density at radius 1 is 1.00 bits per heavy atom. The van der Waals surface area contributed by atoms with Crippen molar-refractivity contribution in [2.75, 3.05) is 13.2 Å². The smallest absolute Gasteiger partial charge is 0.129 e. The first-order valence-corrected chi connectivity index (χ1v) is 7.22. The van der Waals surface area contributed by atoms with Crippen molar-refractivity contribution in [1.29, 1.82) is 0 Å². The van der Waals surface area contributed by atoms with Crippen LogP contribution in [0.4, 0.5) is 8.78 Å². The van der Waals surface area contributed by atoms with Crippen molar-refractivity contribution in [2.24, 2.45) is 0 Å². The fraction of sp³-hybridized carbons (Fsp3) is 0.250. The highest BCUT2D eigenvalue weighted by Crippen LogP contribution is 2.30. The molecule has 0 aliphatic rings. The average Bonchev–Trinajstić information content (AvgIpc) is 2.47. The summed E-state index contributed by atoms with van der Waals surface area (Å²) in [6, 6.07) is 10.4. The molecule has 0 aliphatic heterocycles. The van der Waals surface area contributed by atoms with Gasteiger partial charge in [-0.25, -0.2) is 8.78 Å². The monoisotopic (exact) mass is 356 g/mol. The molecule has 112 valence electrons. The van der Waals surface area contributed by atoms with Crippen molar-refractivity contribution in [2.45, 2.75) is 11.8 Å². The Morgan fingerprint density at radius 3 is 2.29 bits per heavy atom. The van der Waals surface area contributed by atoms with Crippen LogP contribution >= 0.6 is 15.9 Å². The van der Waals surface area contributed by atoms with Crippen molar-refractivity contribution in [3.63, 3.8) is 0 Å². The van der Waals surface area contributed by atoms with Gasteiger partial charge < -0.3 is 10.2 Å². The Balaban J connectivity index is 2.43. The molecular formula is C16H15BrF2O2. The Morgan fingerprint density at radius 2 is 1.71 bits per heavy atom. The zero-order valence-corrected chi connectivity index (χ0v) is 12.8. The quantitative estimate of drug-likeness (QED) is 0.863. The second-order valence-corrected chi connectivity index (χ2v) is 5.94. The molecule has 2 rings (SSSR count). The molecule has 2 aromatic rings. The summed E-state index contributed by atoms with van der Waals surface area (Å²) in [4.78, 5) is 0. The molecule has 0 unspecified atom stereocenters. The summed E-state index contributed by atoms with van der Waals surface area (Å²) in [5.74, 6) is -1.34. The molecule has 0 radical (unpaired) electrons. The van der Waals surface area contributed by atoms with E-state index in [2.05, 4.69) is 15.9 Å². The maximum Gasteiger partial charge on any atom is 0.129 e. The first-order chi connectivity index (χ1) is 10.0. The van der Waals surface area contributed by atoms with Gasteiger partial charge in [0.05, 0.1) is 13.2 Å². The van der Waals surface area contributed by atoms with Gasteiger partial charge in [-0.2, -0.15) is 0 Å². The molecule has 21 heavy (non-hydrogen) atoms. The van der Waals surface area contributed by atoms with Crippen LogP contribution in [0.2, 0.25) is 0 Å². The maximum absolute atomic E-state index is 13.8. The Hall–Kier alpha value is -1.30. The van der Waals surface area contributed by atoms with Crippen LogP contribution < -0.4 is 0 Å². The van der Waals surface area contributed by atoms with Gasteiger partial charge in [-0.3, -0.25) is 0 Å². The molecule has 0 amide bonds. The zero-order valence-electron chi connectivity index (χ0n) is 11.2. The van der Waals surface area contributed by atoms with Crippen LogP contribution in [-0.2, 0) is 11.8 Å². The van der Waals surface area contributed by atoms with Crippen LogP contribution in [0, 0.1) is 11.6 Å². The highest BCUT2D eigenvalue weighted by molar-refractivity contribution is 9.10. The standard InChI is InChI=1S/C16H15BrF2O2/c17-13-3-1-2-12(6-13)16(9-20,10-21)8-11-4-5-14(18)7-15(11)19/h1-7,20-21H,8-10H2. The third kappa shape index (κ3) is 3.48. The lowest BCUT2D eigenvalue weighted by Crippen LogP contribution is -2.37. The van der Waals surface area contributed by atoms with Crippen molar-refractivity contribution in [3.8, 4) is 0 Å². The molecule has 0 saturated carbocycles. The fourth-order valence-electron chi connectivity index (χ4n) is 2.29. The van der Waals surface area contributed by atoms with Crippen molar-refractivity contribution < 1.29 is 19.0 Å². The SMILES string of the molecule is OCC(CO)(Cc1ccc(F)cc1F)c1cccc(Br)c1. The van der Waals surface area contributed by atoms with Gasteiger partial charge in [-0.05, 0) is 35.7 Å². The molecule has 0 heterocycles. The van der Waals surface area contributed by atoms with Gasteiger partial charge in [0.25, 0.3) is 0 Å². The molecule has 0 spiro atoms. The number of hydrogen-bond acceptors (Lipinski definition) is 2. The van der Waals surface area contributed by atoms with Crippen LogP contribution in [0.3, 0.4) is 0 Å². The molecule has 0 aliphatic carbocycles. The number of aliphatic hydroxyl groups is 2. The minimum absolute atomic E-state index is 0.0720. The van der Waals surface area contributed by atoms with E-state index >= 15 is 0 Å². The van der Waals surface area contributed by atoms with Crippen LogP contribution in [0.25, 0.3) is 0 Å². The number of rotatable bonds is 5. The summed E-state index contributed by atoms with van der Waals surface area (Å²) in [5.41, 5.74) is -0.0901. The second-order valence-electron chi connectivity index (χ2n) is 5.02. The molecule has 0 atom stereocenters. The van der Waals surface area contributed by atoms with E-state index in [1.165, 1.54) is 12.1 Å². The molecule has 5 heteroatoms. The minimum atomic E-state index is -1.03. The van der Waals surface area contributed by atoms with Gasteiger partial charge in [-0.15, -0.1) is 0 Å². The summed E-state index contributed by atoms with van der Waals surface area (Å²) in [5, 5.41) is 19.5. The van der Waals surface area contributed by atoms with Crippen LogP contribution in [0.1, 0.15) is 11.1 Å². The lowest BCUT2D eigenvalue weighted by Gasteiger charge is -2.31. The summed E-state index contributed by atoms with van der Waals surface area (Å²) in [6.45, 7) is -0.701. The molecule has 0 aromatic heterocycles. The van der Waals surface area contributed by atoms with E-state index in [0.717, 1.165) is 10.5 Å². The van der Waals surface area contributed by atoms with E-state index in [9.17, 15) is 19.0 Å². The number of benzene rings is 2. The summed E-state index contributed by atoms with van der Waals surface area (Å²) >= 11 is 3.34. The van der Waals surface area contributed by atoms with E-state index in [4.69, 9.17) is 0 Å². The molecule has 0 bridgehead atoms. The predicted molar refractivity (Wildman–Crippen MR) is 80.1 cm³/mol. The molecule has 2 nitrogen and oxygen atoms in total. The largest absolute Gasteiger partial charge is 0.395 e. The number of aliphatic hydroxyl groups excluding tert-OH is 2. The van der Waals surface area contributed by atoms with Crippen molar-refractivity contribution >= 4 is 15.9 Å².